The number of hydrogen-bond donors (Lipinski definition) is 1. The van der Waals surface area contributed by atoms with E-state index in [2.05, 4.69) is 18.7 Å². The van der Waals surface area contributed by atoms with Gasteiger partial charge in [-0.2, -0.15) is 0 Å². The summed E-state index contributed by atoms with van der Waals surface area (Å²) < 4.78 is 0. The van der Waals surface area contributed by atoms with Gasteiger partial charge in [0.2, 0.25) is 0 Å². The Morgan fingerprint density at radius 2 is 2.24 bits per heavy atom. The quantitative estimate of drug-likeness (QED) is 0.611. The Hall–Kier alpha value is -0.930. The van der Waals surface area contributed by atoms with Gasteiger partial charge in [-0.25, -0.2) is 0 Å². The molecule has 0 atom stereocenters. The fourth-order valence-corrected chi connectivity index (χ4v) is 2.33. The van der Waals surface area contributed by atoms with Crippen molar-refractivity contribution in [2.75, 3.05) is 13.1 Å². The third-order valence-corrected chi connectivity index (χ3v) is 3.41. The lowest BCUT2D eigenvalue weighted by molar-refractivity contribution is 0.0766. The SMILES string of the molecule is CC1=CCCN(C(=O)c2cc(S)ccc2Cl)C1. The molecule has 0 saturated heterocycles. The van der Waals surface area contributed by atoms with Gasteiger partial charge in [-0.3, -0.25) is 4.79 Å². The molecule has 17 heavy (non-hydrogen) atoms. The summed E-state index contributed by atoms with van der Waals surface area (Å²) in [5, 5.41) is 0.486. The Morgan fingerprint density at radius 3 is 2.94 bits per heavy atom. The first-order chi connectivity index (χ1) is 8.08. The fourth-order valence-electron chi connectivity index (χ4n) is 1.93. The first kappa shape index (κ1) is 12.5. The summed E-state index contributed by atoms with van der Waals surface area (Å²) in [5.74, 6) is -0.0154. The van der Waals surface area contributed by atoms with Gasteiger partial charge in [-0.15, -0.1) is 12.6 Å². The van der Waals surface area contributed by atoms with Crippen molar-refractivity contribution < 1.29 is 4.79 Å². The number of carbonyl (C=O) groups is 1. The highest BCUT2D eigenvalue weighted by Crippen LogP contribution is 2.22. The third-order valence-electron chi connectivity index (χ3n) is 2.80. The van der Waals surface area contributed by atoms with Gasteiger partial charge in [0.1, 0.15) is 0 Å². The number of carbonyl (C=O) groups excluding carboxylic acids is 1. The van der Waals surface area contributed by atoms with Gasteiger partial charge in [0.05, 0.1) is 10.6 Å². The second-order valence-corrected chi connectivity index (χ2v) is 5.15. The standard InChI is InChI=1S/C13H14ClNOS/c1-9-3-2-6-15(8-9)13(16)11-7-10(17)4-5-12(11)14/h3-5,7,17H,2,6,8H2,1H3. The highest BCUT2D eigenvalue weighted by atomic mass is 35.5. The van der Waals surface area contributed by atoms with E-state index in [4.69, 9.17) is 11.6 Å². The van der Waals surface area contributed by atoms with Crippen molar-refractivity contribution in [3.8, 4) is 0 Å². The van der Waals surface area contributed by atoms with Gasteiger partial charge >= 0.3 is 0 Å². The normalized spacial score (nSPS) is 15.7. The Morgan fingerprint density at radius 1 is 1.47 bits per heavy atom. The molecule has 2 rings (SSSR count). The molecule has 1 heterocycles. The molecule has 0 N–H and O–H groups in total. The Bertz CT molecular complexity index is 484. The topological polar surface area (TPSA) is 20.3 Å². The minimum Gasteiger partial charge on any atom is -0.334 e. The third kappa shape index (κ3) is 2.85. The zero-order chi connectivity index (χ0) is 12.4. The summed E-state index contributed by atoms with van der Waals surface area (Å²) in [7, 11) is 0. The molecule has 1 aromatic rings. The highest BCUT2D eigenvalue weighted by molar-refractivity contribution is 7.80. The van der Waals surface area contributed by atoms with Crippen LogP contribution in [0.5, 0.6) is 0 Å². The number of halogens is 1. The number of hydrogen-bond acceptors (Lipinski definition) is 2. The van der Waals surface area contributed by atoms with Gasteiger partial charge < -0.3 is 4.90 Å². The van der Waals surface area contributed by atoms with E-state index >= 15 is 0 Å². The Kier molecular flexibility index (Phi) is 3.79. The Balaban J connectivity index is 2.25. The molecule has 1 amide bonds. The van der Waals surface area contributed by atoms with E-state index < -0.39 is 0 Å². The molecule has 0 aliphatic carbocycles. The predicted octanol–water partition coefficient (Wildman–Crippen LogP) is 3.42. The lowest BCUT2D eigenvalue weighted by Crippen LogP contribution is -2.35. The van der Waals surface area contributed by atoms with Crippen LogP contribution in [0.2, 0.25) is 5.02 Å². The average Bonchev–Trinajstić information content (AvgIpc) is 2.31. The van der Waals surface area contributed by atoms with E-state index in [1.165, 1.54) is 5.57 Å². The number of benzene rings is 1. The molecule has 1 aliphatic heterocycles. The van der Waals surface area contributed by atoms with E-state index in [1.807, 2.05) is 11.8 Å². The van der Waals surface area contributed by atoms with Gasteiger partial charge in [-0.1, -0.05) is 23.3 Å². The van der Waals surface area contributed by atoms with E-state index in [0.29, 0.717) is 17.1 Å². The lowest BCUT2D eigenvalue weighted by atomic mass is 10.1. The van der Waals surface area contributed by atoms with Crippen LogP contribution in [0.1, 0.15) is 23.7 Å². The summed E-state index contributed by atoms with van der Waals surface area (Å²) in [6.07, 6.45) is 3.08. The predicted molar refractivity (Wildman–Crippen MR) is 73.0 cm³/mol. The van der Waals surface area contributed by atoms with Gasteiger partial charge in [0.25, 0.3) is 5.91 Å². The molecule has 0 aromatic heterocycles. The maximum Gasteiger partial charge on any atom is 0.255 e. The van der Waals surface area contributed by atoms with Crippen molar-refractivity contribution in [3.63, 3.8) is 0 Å². The van der Waals surface area contributed by atoms with E-state index in [0.717, 1.165) is 17.9 Å². The Labute approximate surface area is 112 Å². The zero-order valence-electron chi connectivity index (χ0n) is 9.61. The van der Waals surface area contributed by atoms with Crippen molar-refractivity contribution in [1.82, 2.24) is 4.90 Å². The van der Waals surface area contributed by atoms with Crippen LogP contribution in [-0.2, 0) is 0 Å². The minimum absolute atomic E-state index is 0.0154. The first-order valence-corrected chi connectivity index (χ1v) is 6.34. The molecule has 1 aliphatic rings. The molecule has 2 nitrogen and oxygen atoms in total. The van der Waals surface area contributed by atoms with Crippen molar-refractivity contribution in [2.45, 2.75) is 18.2 Å². The second-order valence-electron chi connectivity index (χ2n) is 4.23. The molecule has 0 saturated carbocycles. The van der Waals surface area contributed by atoms with Crippen LogP contribution in [0, 0.1) is 0 Å². The smallest absolute Gasteiger partial charge is 0.255 e. The average molecular weight is 268 g/mol. The van der Waals surface area contributed by atoms with Crippen LogP contribution in [0.4, 0.5) is 0 Å². The number of rotatable bonds is 1. The molecule has 0 unspecified atom stereocenters. The number of amides is 1. The van der Waals surface area contributed by atoms with Crippen LogP contribution < -0.4 is 0 Å². The van der Waals surface area contributed by atoms with Crippen molar-refractivity contribution in [1.29, 1.82) is 0 Å². The number of thiol groups is 1. The van der Waals surface area contributed by atoms with Crippen LogP contribution >= 0.6 is 24.2 Å². The van der Waals surface area contributed by atoms with Crippen molar-refractivity contribution in [2.24, 2.45) is 0 Å². The fraction of sp³-hybridized carbons (Fsp3) is 0.308. The van der Waals surface area contributed by atoms with Crippen molar-refractivity contribution in [3.05, 3.63) is 40.4 Å². The maximum atomic E-state index is 12.3. The summed E-state index contributed by atoms with van der Waals surface area (Å²) >= 11 is 10.3. The monoisotopic (exact) mass is 267 g/mol. The molecule has 1 aromatic carbocycles. The lowest BCUT2D eigenvalue weighted by Gasteiger charge is -2.26. The van der Waals surface area contributed by atoms with Crippen LogP contribution in [0.3, 0.4) is 0 Å². The molecular weight excluding hydrogens is 254 g/mol. The largest absolute Gasteiger partial charge is 0.334 e. The van der Waals surface area contributed by atoms with E-state index in [9.17, 15) is 4.79 Å². The second kappa shape index (κ2) is 5.15. The van der Waals surface area contributed by atoms with Crippen LogP contribution in [0.25, 0.3) is 0 Å². The van der Waals surface area contributed by atoms with Gasteiger partial charge in [0.15, 0.2) is 0 Å². The summed E-state index contributed by atoms with van der Waals surface area (Å²) in [6.45, 7) is 3.48. The van der Waals surface area contributed by atoms with Crippen molar-refractivity contribution >= 4 is 30.1 Å². The molecule has 0 bridgehead atoms. The highest BCUT2D eigenvalue weighted by Gasteiger charge is 2.20. The number of nitrogens with zero attached hydrogens (tertiary/aromatic N) is 1. The van der Waals surface area contributed by atoms with Gasteiger partial charge in [-0.05, 0) is 31.5 Å². The first-order valence-electron chi connectivity index (χ1n) is 5.51. The van der Waals surface area contributed by atoms with E-state index in [-0.39, 0.29) is 5.91 Å². The van der Waals surface area contributed by atoms with E-state index in [1.54, 1.807) is 18.2 Å². The molecular formula is C13H14ClNOS. The molecule has 4 heteroatoms. The molecule has 0 fully saturated rings. The van der Waals surface area contributed by atoms with Crippen LogP contribution in [0.15, 0.2) is 34.7 Å². The van der Waals surface area contributed by atoms with Crippen LogP contribution in [-0.4, -0.2) is 23.9 Å². The zero-order valence-corrected chi connectivity index (χ0v) is 11.3. The summed E-state index contributed by atoms with van der Waals surface area (Å²) in [5.41, 5.74) is 1.76. The summed E-state index contributed by atoms with van der Waals surface area (Å²) in [6, 6.07) is 5.22. The molecule has 0 radical (unpaired) electrons. The maximum absolute atomic E-state index is 12.3. The minimum atomic E-state index is -0.0154. The summed E-state index contributed by atoms with van der Waals surface area (Å²) in [4.78, 5) is 14.9. The van der Waals surface area contributed by atoms with Gasteiger partial charge in [0, 0.05) is 18.0 Å². The molecule has 90 valence electrons. The molecule has 0 spiro atoms.